The van der Waals surface area contributed by atoms with E-state index in [2.05, 4.69) is 9.71 Å². The molecule has 0 atom stereocenters. The molecule has 0 amide bonds. The number of rotatable bonds is 7. The summed E-state index contributed by atoms with van der Waals surface area (Å²) < 4.78 is 44.6. The lowest BCUT2D eigenvalue weighted by Crippen LogP contribution is -2.18. The number of ether oxygens (including phenoxy) is 3. The Bertz CT molecular complexity index is 1020. The third-order valence-electron chi connectivity index (χ3n) is 3.80. The summed E-state index contributed by atoms with van der Waals surface area (Å²) in [5.74, 6) is 2.47. The molecule has 1 N–H and O–H groups in total. The van der Waals surface area contributed by atoms with Crippen molar-refractivity contribution in [3.63, 3.8) is 0 Å². The number of sulfonamides is 1. The quantitative estimate of drug-likeness (QED) is 0.580. The normalized spacial score (nSPS) is 13.1. The first-order chi connectivity index (χ1) is 13.0. The number of nitrogens with zero attached hydrogens (tertiary/aromatic N) is 1. The maximum atomic E-state index is 12.2. The van der Waals surface area contributed by atoms with Crippen LogP contribution in [0.25, 0.3) is 10.2 Å². The number of hydrogen-bond acceptors (Lipinski definition) is 8. The second-order valence-corrected chi connectivity index (χ2v) is 9.87. The van der Waals surface area contributed by atoms with E-state index in [0.29, 0.717) is 28.7 Å². The zero-order chi connectivity index (χ0) is 18.9. The second kappa shape index (κ2) is 7.45. The molecule has 0 unspecified atom stereocenters. The van der Waals surface area contributed by atoms with Gasteiger partial charge in [0, 0.05) is 23.6 Å². The van der Waals surface area contributed by atoms with Gasteiger partial charge >= 0.3 is 0 Å². The van der Waals surface area contributed by atoms with Crippen LogP contribution >= 0.6 is 23.1 Å². The van der Waals surface area contributed by atoms with Crippen molar-refractivity contribution in [3.8, 4) is 17.2 Å². The van der Waals surface area contributed by atoms with E-state index in [1.54, 1.807) is 31.4 Å². The molecule has 0 saturated carbocycles. The summed E-state index contributed by atoms with van der Waals surface area (Å²) >= 11 is 2.92. The highest BCUT2D eigenvalue weighted by Crippen LogP contribution is 2.39. The molecule has 7 nitrogen and oxygen atoms in total. The predicted molar refractivity (Wildman–Crippen MR) is 107 cm³/mol. The number of anilines is 1. The molecule has 142 valence electrons. The monoisotopic (exact) mass is 424 g/mol. The first-order valence-electron chi connectivity index (χ1n) is 8.00. The van der Waals surface area contributed by atoms with Gasteiger partial charge in [0.1, 0.15) is 5.75 Å². The van der Waals surface area contributed by atoms with Gasteiger partial charge in [-0.15, -0.1) is 11.3 Å². The Labute approximate surface area is 164 Å². The largest absolute Gasteiger partial charge is 0.497 e. The van der Waals surface area contributed by atoms with Gasteiger partial charge in [0.2, 0.25) is 16.8 Å². The van der Waals surface area contributed by atoms with Gasteiger partial charge in [0.25, 0.3) is 0 Å². The van der Waals surface area contributed by atoms with Gasteiger partial charge in [-0.05, 0) is 24.3 Å². The second-order valence-electron chi connectivity index (χ2n) is 5.65. The molecule has 0 saturated heterocycles. The van der Waals surface area contributed by atoms with Crippen LogP contribution in [-0.2, 0) is 10.0 Å². The fraction of sp³-hybridized carbons (Fsp3) is 0.235. The van der Waals surface area contributed by atoms with Gasteiger partial charge < -0.3 is 14.2 Å². The van der Waals surface area contributed by atoms with Gasteiger partial charge in [-0.25, -0.2) is 13.4 Å². The zero-order valence-corrected chi connectivity index (χ0v) is 16.7. The van der Waals surface area contributed by atoms with Crippen LogP contribution in [0.1, 0.15) is 0 Å². The Morgan fingerprint density at radius 3 is 2.70 bits per heavy atom. The molecule has 4 rings (SSSR count). The minimum absolute atomic E-state index is 0.0116. The van der Waals surface area contributed by atoms with Crippen molar-refractivity contribution in [1.29, 1.82) is 0 Å². The summed E-state index contributed by atoms with van der Waals surface area (Å²) in [5.41, 5.74) is 1.33. The molecule has 1 aliphatic rings. The molecule has 2 aromatic carbocycles. The van der Waals surface area contributed by atoms with Crippen molar-refractivity contribution >= 4 is 49.0 Å². The molecule has 0 radical (unpaired) electrons. The topological polar surface area (TPSA) is 86.8 Å². The van der Waals surface area contributed by atoms with Crippen LogP contribution in [0, 0.1) is 0 Å². The SMILES string of the molecule is COc1ccc(NS(=O)(=O)CCSc2nc3cc4c(cc3s2)OCO4)cc1. The van der Waals surface area contributed by atoms with Gasteiger partial charge in [-0.2, -0.15) is 0 Å². The molecule has 0 fully saturated rings. The lowest BCUT2D eigenvalue weighted by Gasteiger charge is -2.08. The van der Waals surface area contributed by atoms with Crippen molar-refractivity contribution in [2.45, 2.75) is 4.34 Å². The summed E-state index contributed by atoms with van der Waals surface area (Å²) in [5, 5.41) is 0. The van der Waals surface area contributed by atoms with Gasteiger partial charge in [-0.1, -0.05) is 11.8 Å². The number of hydrogen-bond donors (Lipinski definition) is 1. The van der Waals surface area contributed by atoms with Crippen molar-refractivity contribution < 1.29 is 22.6 Å². The van der Waals surface area contributed by atoms with E-state index in [9.17, 15) is 8.42 Å². The molecule has 0 aliphatic carbocycles. The van der Waals surface area contributed by atoms with E-state index >= 15 is 0 Å². The van der Waals surface area contributed by atoms with Crippen LogP contribution in [-0.4, -0.2) is 38.8 Å². The summed E-state index contributed by atoms with van der Waals surface area (Å²) in [6, 6.07) is 10.5. The average Bonchev–Trinajstić information content (AvgIpc) is 3.25. The number of aromatic nitrogens is 1. The number of benzene rings is 2. The molecule has 27 heavy (non-hydrogen) atoms. The van der Waals surface area contributed by atoms with Gasteiger partial charge in [0.15, 0.2) is 15.8 Å². The highest BCUT2D eigenvalue weighted by atomic mass is 32.2. The minimum atomic E-state index is -3.44. The van der Waals surface area contributed by atoms with Crippen LogP contribution in [0.3, 0.4) is 0 Å². The maximum absolute atomic E-state index is 12.2. The van der Waals surface area contributed by atoms with Gasteiger partial charge in [-0.3, -0.25) is 4.72 Å². The Hall–Kier alpha value is -2.17. The number of methoxy groups -OCH3 is 1. The summed E-state index contributed by atoms with van der Waals surface area (Å²) in [6.07, 6.45) is 0. The van der Waals surface area contributed by atoms with E-state index in [4.69, 9.17) is 14.2 Å². The van der Waals surface area contributed by atoms with E-state index in [1.165, 1.54) is 23.1 Å². The molecule has 1 aliphatic heterocycles. The van der Waals surface area contributed by atoms with Crippen molar-refractivity contribution in [3.05, 3.63) is 36.4 Å². The lowest BCUT2D eigenvalue weighted by atomic mass is 10.3. The summed E-state index contributed by atoms with van der Waals surface area (Å²) in [7, 11) is -1.88. The first kappa shape index (κ1) is 18.2. The van der Waals surface area contributed by atoms with Crippen LogP contribution in [0.15, 0.2) is 40.7 Å². The minimum Gasteiger partial charge on any atom is -0.497 e. The van der Waals surface area contributed by atoms with Crippen molar-refractivity contribution in [2.24, 2.45) is 0 Å². The molecule has 2 heterocycles. The number of thioether (sulfide) groups is 1. The zero-order valence-electron chi connectivity index (χ0n) is 14.3. The van der Waals surface area contributed by atoms with Crippen LogP contribution in [0.4, 0.5) is 5.69 Å². The Morgan fingerprint density at radius 2 is 1.96 bits per heavy atom. The molecule has 10 heteroatoms. The van der Waals surface area contributed by atoms with Crippen LogP contribution in [0.5, 0.6) is 17.2 Å². The molecule has 0 spiro atoms. The Morgan fingerprint density at radius 1 is 1.22 bits per heavy atom. The fourth-order valence-electron chi connectivity index (χ4n) is 2.49. The third kappa shape index (κ3) is 4.23. The lowest BCUT2D eigenvalue weighted by molar-refractivity contribution is 0.174. The Balaban J connectivity index is 1.36. The first-order valence-corrected chi connectivity index (χ1v) is 11.5. The van der Waals surface area contributed by atoms with Crippen LogP contribution < -0.4 is 18.9 Å². The highest BCUT2D eigenvalue weighted by Gasteiger charge is 2.17. The van der Waals surface area contributed by atoms with Crippen molar-refractivity contribution in [1.82, 2.24) is 4.98 Å². The molecular weight excluding hydrogens is 408 g/mol. The summed E-state index contributed by atoms with van der Waals surface area (Å²) in [6.45, 7) is 0.229. The average molecular weight is 425 g/mol. The fourth-order valence-corrected chi connectivity index (χ4v) is 6.10. The van der Waals surface area contributed by atoms with E-state index in [1.807, 2.05) is 12.1 Å². The van der Waals surface area contributed by atoms with Crippen LogP contribution in [0.2, 0.25) is 0 Å². The maximum Gasteiger partial charge on any atom is 0.233 e. The number of fused-ring (bicyclic) bond motifs is 2. The predicted octanol–water partition coefficient (Wildman–Crippen LogP) is 3.57. The molecular formula is C17H16N2O5S3. The van der Waals surface area contributed by atoms with Crippen molar-refractivity contribution in [2.75, 3.05) is 30.1 Å². The number of thiazole rings is 1. The Kier molecular flexibility index (Phi) is 5.02. The van der Waals surface area contributed by atoms with E-state index < -0.39 is 10.0 Å². The highest BCUT2D eigenvalue weighted by molar-refractivity contribution is 8.02. The molecule has 3 aromatic rings. The third-order valence-corrected chi connectivity index (χ3v) is 7.51. The van der Waals surface area contributed by atoms with E-state index in [-0.39, 0.29) is 12.5 Å². The standard InChI is InChI=1S/C17H16N2O5S3/c1-22-12-4-2-11(3-5-12)19-27(20,21)7-6-25-17-18-13-8-14-15(24-10-23-14)9-16(13)26-17/h2-5,8-9,19H,6-7,10H2,1H3. The molecule has 0 bridgehead atoms. The van der Waals surface area contributed by atoms with E-state index in [0.717, 1.165) is 14.6 Å². The molecule has 1 aromatic heterocycles. The smallest absolute Gasteiger partial charge is 0.233 e. The van der Waals surface area contributed by atoms with Gasteiger partial charge in [0.05, 0.1) is 23.1 Å². The number of nitrogens with one attached hydrogen (secondary N) is 1. The summed E-state index contributed by atoms with van der Waals surface area (Å²) in [4.78, 5) is 4.53.